The molecule has 0 bridgehead atoms. The second-order valence-corrected chi connectivity index (χ2v) is 6.68. The van der Waals surface area contributed by atoms with Crippen LogP contribution in [0.3, 0.4) is 0 Å². The van der Waals surface area contributed by atoms with E-state index in [4.69, 9.17) is 14.2 Å². The number of benzene rings is 2. The van der Waals surface area contributed by atoms with Crippen molar-refractivity contribution in [3.63, 3.8) is 0 Å². The van der Waals surface area contributed by atoms with Crippen LogP contribution in [0.4, 0.5) is 0 Å². The molecule has 0 aliphatic carbocycles. The van der Waals surface area contributed by atoms with Gasteiger partial charge in [-0.1, -0.05) is 18.2 Å². The summed E-state index contributed by atoms with van der Waals surface area (Å²) in [6.07, 6.45) is 1.77. The summed E-state index contributed by atoms with van der Waals surface area (Å²) in [5, 5.41) is 6.60. The van der Waals surface area contributed by atoms with Crippen molar-refractivity contribution in [2.45, 2.75) is 20.0 Å². The molecule has 1 aromatic heterocycles. The minimum absolute atomic E-state index is 0.503. The summed E-state index contributed by atoms with van der Waals surface area (Å²) in [7, 11) is 3.30. The van der Waals surface area contributed by atoms with Crippen LogP contribution in [0.2, 0.25) is 0 Å². The molecule has 3 rings (SSSR count). The third-order valence-electron chi connectivity index (χ3n) is 4.44. The largest absolute Gasteiger partial charge is 0.497 e. The van der Waals surface area contributed by atoms with Crippen LogP contribution in [0.1, 0.15) is 18.1 Å². The summed E-state index contributed by atoms with van der Waals surface area (Å²) in [4.78, 5) is 9.02. The SMILES string of the molecule is CCNC(=NCc1ccc(Oc2ccc(OC)cc2)nc1)NCc1cccc(OC)c1. The Morgan fingerprint density at radius 2 is 1.65 bits per heavy atom. The average Bonchev–Trinajstić information content (AvgIpc) is 2.82. The van der Waals surface area contributed by atoms with Crippen LogP contribution in [0.5, 0.6) is 23.1 Å². The van der Waals surface area contributed by atoms with Gasteiger partial charge in [0, 0.05) is 25.4 Å². The Balaban J connectivity index is 1.56. The molecule has 0 radical (unpaired) electrons. The van der Waals surface area contributed by atoms with Crippen molar-refractivity contribution >= 4 is 5.96 Å². The second-order valence-electron chi connectivity index (χ2n) is 6.68. The Labute approximate surface area is 183 Å². The van der Waals surface area contributed by atoms with Crippen LogP contribution in [0.15, 0.2) is 71.9 Å². The molecule has 0 saturated carbocycles. The Morgan fingerprint density at radius 3 is 2.32 bits per heavy atom. The zero-order chi connectivity index (χ0) is 21.9. The molecule has 0 aliphatic rings. The first-order valence-electron chi connectivity index (χ1n) is 10.1. The molecule has 0 aliphatic heterocycles. The number of ether oxygens (including phenoxy) is 3. The third-order valence-corrected chi connectivity index (χ3v) is 4.44. The normalized spacial score (nSPS) is 11.0. The standard InChI is InChI=1S/C24H28N4O3/c1-4-25-24(27-15-18-6-5-7-22(14-18)30-3)28-17-19-8-13-23(26-16-19)31-21-11-9-20(29-2)10-12-21/h5-14,16H,4,15,17H2,1-3H3,(H2,25,27,28). The number of aliphatic imine (C=N–C) groups is 1. The fourth-order valence-corrected chi connectivity index (χ4v) is 2.81. The van der Waals surface area contributed by atoms with Crippen molar-refractivity contribution in [1.29, 1.82) is 0 Å². The molecular formula is C24H28N4O3. The molecule has 2 N–H and O–H groups in total. The van der Waals surface area contributed by atoms with Crippen LogP contribution in [0.25, 0.3) is 0 Å². The average molecular weight is 421 g/mol. The van der Waals surface area contributed by atoms with E-state index >= 15 is 0 Å². The van der Waals surface area contributed by atoms with Crippen molar-refractivity contribution < 1.29 is 14.2 Å². The molecule has 0 fully saturated rings. The van der Waals surface area contributed by atoms with E-state index in [0.717, 1.165) is 35.1 Å². The number of hydrogen-bond acceptors (Lipinski definition) is 5. The molecule has 0 saturated heterocycles. The predicted molar refractivity (Wildman–Crippen MR) is 122 cm³/mol. The van der Waals surface area contributed by atoms with Crippen molar-refractivity contribution in [2.75, 3.05) is 20.8 Å². The van der Waals surface area contributed by atoms with Gasteiger partial charge in [-0.05, 0) is 54.4 Å². The molecule has 1 heterocycles. The number of hydrogen-bond donors (Lipinski definition) is 2. The van der Waals surface area contributed by atoms with Crippen molar-refractivity contribution in [1.82, 2.24) is 15.6 Å². The fraction of sp³-hybridized carbons (Fsp3) is 0.250. The number of rotatable bonds is 9. The maximum absolute atomic E-state index is 5.77. The maximum Gasteiger partial charge on any atom is 0.219 e. The summed E-state index contributed by atoms with van der Waals surface area (Å²) in [6.45, 7) is 3.96. The fourth-order valence-electron chi connectivity index (χ4n) is 2.81. The second kappa shape index (κ2) is 11.4. The van der Waals surface area contributed by atoms with E-state index in [1.165, 1.54) is 0 Å². The Morgan fingerprint density at radius 1 is 0.871 bits per heavy atom. The summed E-state index contributed by atoms with van der Waals surface area (Å²) in [5.74, 6) is 3.59. The van der Waals surface area contributed by atoms with E-state index in [1.54, 1.807) is 20.4 Å². The lowest BCUT2D eigenvalue weighted by Gasteiger charge is -2.12. The molecule has 7 heteroatoms. The molecule has 0 atom stereocenters. The molecule has 3 aromatic rings. The van der Waals surface area contributed by atoms with Crippen molar-refractivity contribution in [3.8, 4) is 23.1 Å². The minimum atomic E-state index is 0.503. The molecule has 31 heavy (non-hydrogen) atoms. The monoisotopic (exact) mass is 420 g/mol. The van der Waals surface area contributed by atoms with Gasteiger partial charge in [-0.3, -0.25) is 0 Å². The van der Waals surface area contributed by atoms with Gasteiger partial charge < -0.3 is 24.8 Å². The molecular weight excluding hydrogens is 392 g/mol. The maximum atomic E-state index is 5.77. The van der Waals surface area contributed by atoms with Gasteiger partial charge in [0.1, 0.15) is 17.2 Å². The number of aromatic nitrogens is 1. The first-order valence-corrected chi connectivity index (χ1v) is 10.1. The van der Waals surface area contributed by atoms with E-state index in [0.29, 0.717) is 24.7 Å². The van der Waals surface area contributed by atoms with Gasteiger partial charge in [0.15, 0.2) is 5.96 Å². The van der Waals surface area contributed by atoms with E-state index < -0.39 is 0 Å². The van der Waals surface area contributed by atoms with Crippen molar-refractivity contribution in [2.24, 2.45) is 4.99 Å². The zero-order valence-electron chi connectivity index (χ0n) is 18.1. The van der Waals surface area contributed by atoms with Crippen LogP contribution in [-0.4, -0.2) is 31.7 Å². The van der Waals surface area contributed by atoms with E-state index in [9.17, 15) is 0 Å². The number of nitrogens with zero attached hydrogens (tertiary/aromatic N) is 2. The van der Waals surface area contributed by atoms with E-state index in [1.807, 2.05) is 67.6 Å². The topological polar surface area (TPSA) is 77.0 Å². The van der Waals surface area contributed by atoms with Gasteiger partial charge in [-0.15, -0.1) is 0 Å². The van der Waals surface area contributed by atoms with Crippen LogP contribution < -0.4 is 24.8 Å². The van der Waals surface area contributed by atoms with E-state index in [-0.39, 0.29) is 0 Å². The first-order chi connectivity index (χ1) is 15.2. The smallest absolute Gasteiger partial charge is 0.219 e. The summed E-state index contributed by atoms with van der Waals surface area (Å²) in [5.41, 5.74) is 2.10. The van der Waals surface area contributed by atoms with Gasteiger partial charge in [-0.25, -0.2) is 9.98 Å². The molecule has 0 amide bonds. The highest BCUT2D eigenvalue weighted by Crippen LogP contribution is 2.22. The van der Waals surface area contributed by atoms with Crippen molar-refractivity contribution in [3.05, 3.63) is 78.0 Å². The highest BCUT2D eigenvalue weighted by Gasteiger charge is 2.03. The Kier molecular flexibility index (Phi) is 8.11. The number of nitrogens with one attached hydrogen (secondary N) is 2. The van der Waals surface area contributed by atoms with Gasteiger partial charge in [0.25, 0.3) is 0 Å². The summed E-state index contributed by atoms with van der Waals surface area (Å²) < 4.78 is 16.2. The molecule has 7 nitrogen and oxygen atoms in total. The minimum Gasteiger partial charge on any atom is -0.497 e. The lowest BCUT2D eigenvalue weighted by Crippen LogP contribution is -2.36. The summed E-state index contributed by atoms with van der Waals surface area (Å²) in [6, 6.07) is 19.1. The quantitative estimate of drug-likeness (QED) is 0.400. The lowest BCUT2D eigenvalue weighted by atomic mass is 10.2. The number of guanidine groups is 1. The highest BCUT2D eigenvalue weighted by molar-refractivity contribution is 5.79. The molecule has 162 valence electrons. The highest BCUT2D eigenvalue weighted by atomic mass is 16.5. The first kappa shape index (κ1) is 22.0. The van der Waals surface area contributed by atoms with Crippen LogP contribution in [-0.2, 0) is 13.1 Å². The molecule has 0 spiro atoms. The number of methoxy groups -OCH3 is 2. The van der Waals surface area contributed by atoms with Gasteiger partial charge in [0.05, 0.1) is 20.8 Å². The summed E-state index contributed by atoms with van der Waals surface area (Å²) >= 11 is 0. The third kappa shape index (κ3) is 6.92. The van der Waals surface area contributed by atoms with E-state index in [2.05, 4.69) is 20.6 Å². The van der Waals surface area contributed by atoms with Gasteiger partial charge >= 0.3 is 0 Å². The Hall–Kier alpha value is -3.74. The van der Waals surface area contributed by atoms with Gasteiger partial charge in [0.2, 0.25) is 5.88 Å². The van der Waals surface area contributed by atoms with Crippen LogP contribution >= 0.6 is 0 Å². The Bertz CT molecular complexity index is 973. The van der Waals surface area contributed by atoms with Crippen LogP contribution in [0, 0.1) is 0 Å². The lowest BCUT2D eigenvalue weighted by molar-refractivity contribution is 0.412. The predicted octanol–water partition coefficient (Wildman–Crippen LogP) is 4.15. The number of pyridine rings is 1. The zero-order valence-corrected chi connectivity index (χ0v) is 18.1. The molecule has 2 aromatic carbocycles. The molecule has 0 unspecified atom stereocenters. The van der Waals surface area contributed by atoms with Gasteiger partial charge in [-0.2, -0.15) is 0 Å².